The molecule has 1 fully saturated rings. The Balaban J connectivity index is 1.29. The first kappa shape index (κ1) is 20.7. The minimum Gasteiger partial charge on any atom is -0.485 e. The maximum absolute atomic E-state index is 13.3. The molecule has 0 aliphatic carbocycles. The van der Waals surface area contributed by atoms with Crippen molar-refractivity contribution >= 4 is 26.8 Å². The van der Waals surface area contributed by atoms with Gasteiger partial charge in [-0.25, -0.2) is 8.42 Å². The third kappa shape index (κ3) is 3.67. The van der Waals surface area contributed by atoms with Crippen LogP contribution < -0.4 is 9.47 Å². The zero-order valence-electron chi connectivity index (χ0n) is 17.6. The zero-order valence-corrected chi connectivity index (χ0v) is 18.4. The first-order chi connectivity index (χ1) is 15.4. The van der Waals surface area contributed by atoms with Gasteiger partial charge in [-0.05, 0) is 36.8 Å². The van der Waals surface area contributed by atoms with Gasteiger partial charge in [-0.3, -0.25) is 9.78 Å². The van der Waals surface area contributed by atoms with Crippen molar-refractivity contribution in [2.45, 2.75) is 17.9 Å². The standard InChI is InChI=1S/C23H23N3O5S/c1-16-13-17-5-4-8-21(22(17)24-14-16)32(28,29)26-11-9-25(10-12-26)23(27)20-15-30-18-6-2-3-7-19(18)31-20/h2-8,13-14,20H,9-12,15H2,1H3. The minimum atomic E-state index is -3.74. The molecule has 5 rings (SSSR count). The van der Waals surface area contributed by atoms with Crippen molar-refractivity contribution < 1.29 is 22.7 Å². The summed E-state index contributed by atoms with van der Waals surface area (Å²) in [5.74, 6) is 0.960. The van der Waals surface area contributed by atoms with E-state index in [1.807, 2.05) is 31.2 Å². The number of aryl methyl sites for hydroxylation is 1. The van der Waals surface area contributed by atoms with Crippen LogP contribution in [0.3, 0.4) is 0 Å². The molecule has 0 saturated carbocycles. The molecule has 0 bridgehead atoms. The lowest BCUT2D eigenvalue weighted by Gasteiger charge is -2.36. The number of carbonyl (C=O) groups is 1. The molecule has 2 aliphatic rings. The van der Waals surface area contributed by atoms with Crippen LogP contribution in [0.15, 0.2) is 59.6 Å². The molecule has 1 unspecified atom stereocenters. The van der Waals surface area contributed by atoms with Crippen molar-refractivity contribution in [1.82, 2.24) is 14.2 Å². The first-order valence-electron chi connectivity index (χ1n) is 10.5. The van der Waals surface area contributed by atoms with Gasteiger partial charge in [0.2, 0.25) is 16.1 Å². The van der Waals surface area contributed by atoms with Gasteiger partial charge in [0.1, 0.15) is 11.5 Å². The molecule has 2 aromatic carbocycles. The number of ether oxygens (including phenoxy) is 2. The number of benzene rings is 2. The fraction of sp³-hybridized carbons (Fsp3) is 0.304. The number of sulfonamides is 1. The van der Waals surface area contributed by atoms with Crippen LogP contribution in [0.5, 0.6) is 11.5 Å². The number of carbonyl (C=O) groups excluding carboxylic acids is 1. The van der Waals surface area contributed by atoms with Gasteiger partial charge in [-0.2, -0.15) is 4.31 Å². The molecule has 3 heterocycles. The van der Waals surface area contributed by atoms with Gasteiger partial charge in [0.15, 0.2) is 11.5 Å². The number of hydrogen-bond donors (Lipinski definition) is 0. The van der Waals surface area contributed by atoms with Gasteiger partial charge >= 0.3 is 0 Å². The van der Waals surface area contributed by atoms with E-state index in [-0.39, 0.29) is 43.6 Å². The molecule has 3 aromatic rings. The summed E-state index contributed by atoms with van der Waals surface area (Å²) < 4.78 is 39.6. The van der Waals surface area contributed by atoms with Gasteiger partial charge in [0.25, 0.3) is 5.91 Å². The predicted octanol–water partition coefficient (Wildman–Crippen LogP) is 2.22. The van der Waals surface area contributed by atoms with Crippen LogP contribution in [-0.4, -0.2) is 67.4 Å². The molecule has 166 valence electrons. The van der Waals surface area contributed by atoms with Crippen LogP contribution in [0.1, 0.15) is 5.56 Å². The predicted molar refractivity (Wildman–Crippen MR) is 118 cm³/mol. The molecular formula is C23H23N3O5S. The summed E-state index contributed by atoms with van der Waals surface area (Å²) in [5, 5.41) is 0.787. The lowest BCUT2D eigenvalue weighted by Crippen LogP contribution is -2.55. The summed E-state index contributed by atoms with van der Waals surface area (Å²) in [6.07, 6.45) is 0.932. The Bertz CT molecular complexity index is 1290. The van der Waals surface area contributed by atoms with Gasteiger partial charge in [-0.15, -0.1) is 0 Å². The smallest absolute Gasteiger partial charge is 0.267 e. The molecule has 0 radical (unpaired) electrons. The summed E-state index contributed by atoms with van der Waals surface area (Å²) in [4.78, 5) is 19.1. The van der Waals surface area contributed by atoms with E-state index >= 15 is 0 Å². The summed E-state index contributed by atoms with van der Waals surface area (Å²) in [7, 11) is -3.74. The van der Waals surface area contributed by atoms with Crippen molar-refractivity contribution in [3.63, 3.8) is 0 Å². The second-order valence-electron chi connectivity index (χ2n) is 7.93. The van der Waals surface area contributed by atoms with Crippen LogP contribution >= 0.6 is 0 Å². The van der Waals surface area contributed by atoms with Gasteiger partial charge in [0, 0.05) is 37.8 Å². The lowest BCUT2D eigenvalue weighted by molar-refractivity contribution is -0.142. The number of pyridine rings is 1. The highest BCUT2D eigenvalue weighted by atomic mass is 32.2. The molecule has 0 spiro atoms. The molecule has 1 amide bonds. The molecule has 0 N–H and O–H groups in total. The normalized spacial score (nSPS) is 19.2. The maximum Gasteiger partial charge on any atom is 0.267 e. The molecular weight excluding hydrogens is 430 g/mol. The van der Waals surface area contributed by atoms with Crippen LogP contribution in [0, 0.1) is 6.92 Å². The van der Waals surface area contributed by atoms with Crippen LogP contribution in [0.25, 0.3) is 10.9 Å². The number of aromatic nitrogens is 1. The Labute approximate surface area is 186 Å². The second kappa shape index (κ2) is 8.07. The summed E-state index contributed by atoms with van der Waals surface area (Å²) in [6, 6.07) is 14.3. The number of piperazine rings is 1. The highest BCUT2D eigenvalue weighted by Gasteiger charge is 2.36. The molecule has 8 nitrogen and oxygen atoms in total. The van der Waals surface area contributed by atoms with Crippen molar-refractivity contribution in [2.24, 2.45) is 0 Å². The molecule has 1 atom stereocenters. The van der Waals surface area contributed by atoms with Crippen LogP contribution in [0.4, 0.5) is 0 Å². The SMILES string of the molecule is Cc1cnc2c(S(=O)(=O)N3CCN(C(=O)C4COc5ccccc5O4)CC3)cccc2c1. The number of amides is 1. The summed E-state index contributed by atoms with van der Waals surface area (Å²) in [5.41, 5.74) is 1.43. The number of nitrogens with zero attached hydrogens (tertiary/aromatic N) is 3. The quantitative estimate of drug-likeness (QED) is 0.604. The summed E-state index contributed by atoms with van der Waals surface area (Å²) in [6.45, 7) is 3.05. The minimum absolute atomic E-state index is 0.134. The summed E-state index contributed by atoms with van der Waals surface area (Å²) >= 11 is 0. The van der Waals surface area contributed by atoms with Crippen molar-refractivity contribution in [3.05, 3.63) is 60.3 Å². The molecule has 32 heavy (non-hydrogen) atoms. The topological polar surface area (TPSA) is 89.0 Å². The van der Waals surface area contributed by atoms with E-state index in [9.17, 15) is 13.2 Å². The number of para-hydroxylation sites is 3. The van der Waals surface area contributed by atoms with E-state index in [1.165, 1.54) is 4.31 Å². The van der Waals surface area contributed by atoms with E-state index in [4.69, 9.17) is 9.47 Å². The highest BCUT2D eigenvalue weighted by molar-refractivity contribution is 7.89. The first-order valence-corrected chi connectivity index (χ1v) is 11.9. The fourth-order valence-corrected chi connectivity index (χ4v) is 5.67. The van der Waals surface area contributed by atoms with Crippen molar-refractivity contribution in [2.75, 3.05) is 32.8 Å². The van der Waals surface area contributed by atoms with Crippen LogP contribution in [0.2, 0.25) is 0 Å². The number of rotatable bonds is 3. The fourth-order valence-electron chi connectivity index (χ4n) is 4.08. The number of hydrogen-bond acceptors (Lipinski definition) is 6. The average Bonchev–Trinajstić information content (AvgIpc) is 2.82. The second-order valence-corrected chi connectivity index (χ2v) is 9.84. The Kier molecular flexibility index (Phi) is 5.22. The third-order valence-electron chi connectivity index (χ3n) is 5.76. The van der Waals surface area contributed by atoms with Crippen molar-refractivity contribution in [1.29, 1.82) is 0 Å². The van der Waals surface area contributed by atoms with Gasteiger partial charge in [-0.1, -0.05) is 24.3 Å². The Hall–Kier alpha value is -3.17. The lowest BCUT2D eigenvalue weighted by atomic mass is 10.2. The molecule has 1 saturated heterocycles. The van der Waals surface area contributed by atoms with E-state index < -0.39 is 16.1 Å². The Morgan fingerprint density at radius 1 is 1.03 bits per heavy atom. The number of fused-ring (bicyclic) bond motifs is 2. The Morgan fingerprint density at radius 3 is 2.56 bits per heavy atom. The largest absolute Gasteiger partial charge is 0.485 e. The van der Waals surface area contributed by atoms with Gasteiger partial charge < -0.3 is 14.4 Å². The highest BCUT2D eigenvalue weighted by Crippen LogP contribution is 2.31. The van der Waals surface area contributed by atoms with E-state index in [2.05, 4.69) is 4.98 Å². The molecule has 9 heteroatoms. The third-order valence-corrected chi connectivity index (χ3v) is 7.69. The van der Waals surface area contributed by atoms with E-state index in [1.54, 1.807) is 35.4 Å². The Morgan fingerprint density at radius 2 is 1.78 bits per heavy atom. The van der Waals surface area contributed by atoms with E-state index in [0.29, 0.717) is 17.0 Å². The average molecular weight is 454 g/mol. The van der Waals surface area contributed by atoms with Gasteiger partial charge in [0.05, 0.1) is 5.52 Å². The maximum atomic E-state index is 13.3. The van der Waals surface area contributed by atoms with E-state index in [0.717, 1.165) is 10.9 Å². The molecule has 2 aliphatic heterocycles. The monoisotopic (exact) mass is 453 g/mol. The zero-order chi connectivity index (χ0) is 22.3. The van der Waals surface area contributed by atoms with Crippen molar-refractivity contribution in [3.8, 4) is 11.5 Å². The van der Waals surface area contributed by atoms with Crippen LogP contribution in [-0.2, 0) is 14.8 Å². The molecule has 1 aromatic heterocycles.